The number of benzene rings is 1. The first-order chi connectivity index (χ1) is 11.1. The summed E-state index contributed by atoms with van der Waals surface area (Å²) in [5, 5.41) is 6.60. The van der Waals surface area contributed by atoms with Gasteiger partial charge in [0, 0.05) is 11.4 Å². The van der Waals surface area contributed by atoms with Gasteiger partial charge in [-0.15, -0.1) is 0 Å². The van der Waals surface area contributed by atoms with Crippen LogP contribution in [-0.4, -0.2) is 13.1 Å². The number of allylic oxidation sites excluding steroid dienone is 2. The Morgan fingerprint density at radius 1 is 1.17 bits per heavy atom. The molecule has 0 radical (unpaired) electrons. The van der Waals surface area contributed by atoms with E-state index in [1.807, 2.05) is 18.2 Å². The molecule has 24 heavy (non-hydrogen) atoms. The minimum atomic E-state index is 0.275. The Morgan fingerprint density at radius 2 is 1.75 bits per heavy atom. The van der Waals surface area contributed by atoms with Gasteiger partial charge in [0.25, 0.3) is 0 Å². The number of hydrogen-bond donors (Lipinski definition) is 2. The van der Waals surface area contributed by atoms with Crippen molar-refractivity contribution in [2.24, 2.45) is 11.3 Å². The van der Waals surface area contributed by atoms with Crippen LogP contribution in [0.5, 0.6) is 0 Å². The van der Waals surface area contributed by atoms with Crippen molar-refractivity contribution in [3.63, 3.8) is 0 Å². The van der Waals surface area contributed by atoms with Crippen molar-refractivity contribution in [1.82, 2.24) is 10.6 Å². The molecule has 0 aliphatic rings. The Kier molecular flexibility index (Phi) is 11.1. The van der Waals surface area contributed by atoms with Gasteiger partial charge in [0.05, 0.1) is 0 Å². The van der Waals surface area contributed by atoms with Gasteiger partial charge in [-0.05, 0) is 49.4 Å². The highest BCUT2D eigenvalue weighted by molar-refractivity contribution is 5.51. The fourth-order valence-corrected chi connectivity index (χ4v) is 2.23. The highest BCUT2D eigenvalue weighted by atomic mass is 14.9. The fourth-order valence-electron chi connectivity index (χ4n) is 2.23. The Bertz CT molecular complexity index is 478. The lowest BCUT2D eigenvalue weighted by Crippen LogP contribution is -2.18. The van der Waals surface area contributed by atoms with E-state index in [-0.39, 0.29) is 5.41 Å². The van der Waals surface area contributed by atoms with Crippen LogP contribution in [0.2, 0.25) is 0 Å². The summed E-state index contributed by atoms with van der Waals surface area (Å²) < 4.78 is 0. The third-order valence-electron chi connectivity index (χ3n) is 3.10. The lowest BCUT2D eigenvalue weighted by molar-refractivity contribution is 0.402. The van der Waals surface area contributed by atoms with Crippen LogP contribution in [0, 0.1) is 11.3 Å². The molecule has 136 valence electrons. The van der Waals surface area contributed by atoms with Gasteiger partial charge >= 0.3 is 0 Å². The van der Waals surface area contributed by atoms with Crippen LogP contribution in [0.3, 0.4) is 0 Å². The average molecular weight is 331 g/mol. The van der Waals surface area contributed by atoms with Crippen molar-refractivity contribution in [2.45, 2.75) is 54.9 Å². The van der Waals surface area contributed by atoms with Crippen LogP contribution in [0.4, 0.5) is 0 Å². The van der Waals surface area contributed by atoms with E-state index in [0.29, 0.717) is 0 Å². The van der Waals surface area contributed by atoms with E-state index in [9.17, 15) is 0 Å². The van der Waals surface area contributed by atoms with E-state index in [0.717, 1.165) is 36.8 Å². The van der Waals surface area contributed by atoms with Gasteiger partial charge in [0.1, 0.15) is 0 Å². The van der Waals surface area contributed by atoms with Gasteiger partial charge < -0.3 is 10.6 Å². The van der Waals surface area contributed by atoms with E-state index in [4.69, 9.17) is 0 Å². The summed E-state index contributed by atoms with van der Waals surface area (Å²) in [7, 11) is 0. The minimum Gasteiger partial charge on any atom is -0.363 e. The van der Waals surface area contributed by atoms with Gasteiger partial charge in [0.2, 0.25) is 0 Å². The molecule has 2 heteroatoms. The zero-order chi connectivity index (χ0) is 18.6. The third kappa shape index (κ3) is 14.1. The lowest BCUT2D eigenvalue weighted by atomic mass is 9.91. The molecule has 0 heterocycles. The highest BCUT2D eigenvalue weighted by Gasteiger charge is 2.11. The van der Waals surface area contributed by atoms with Gasteiger partial charge in [-0.25, -0.2) is 0 Å². The van der Waals surface area contributed by atoms with Crippen LogP contribution in [0.1, 0.15) is 60.5 Å². The van der Waals surface area contributed by atoms with Crippen molar-refractivity contribution in [3.8, 4) is 0 Å². The number of nitrogens with one attached hydrogen (secondary N) is 2. The molecule has 0 unspecified atom stereocenters. The number of hydrogen-bond acceptors (Lipinski definition) is 2. The van der Waals surface area contributed by atoms with E-state index < -0.39 is 0 Å². The smallest absolute Gasteiger partial charge is 0.0123 e. The van der Waals surface area contributed by atoms with Crippen LogP contribution in [0.15, 0.2) is 48.3 Å². The van der Waals surface area contributed by atoms with Gasteiger partial charge in [0.15, 0.2) is 0 Å². The second-order valence-corrected chi connectivity index (χ2v) is 7.91. The van der Waals surface area contributed by atoms with Crippen molar-refractivity contribution < 1.29 is 0 Å². The third-order valence-corrected chi connectivity index (χ3v) is 3.10. The molecule has 1 rings (SSSR count). The molecule has 0 amide bonds. The maximum Gasteiger partial charge on any atom is 0.0123 e. The Morgan fingerprint density at radius 3 is 2.17 bits per heavy atom. The number of rotatable bonds is 7. The van der Waals surface area contributed by atoms with E-state index in [1.165, 1.54) is 5.56 Å². The average Bonchev–Trinajstić information content (AvgIpc) is 2.44. The highest BCUT2D eigenvalue weighted by Crippen LogP contribution is 2.22. The predicted octanol–water partition coefficient (Wildman–Crippen LogP) is 5.84. The summed E-state index contributed by atoms with van der Waals surface area (Å²) in [6.07, 6.45) is 3.11. The van der Waals surface area contributed by atoms with Gasteiger partial charge in [-0.1, -0.05) is 78.5 Å². The second kappa shape index (κ2) is 11.9. The molecular weight excluding hydrogens is 292 g/mol. The Balaban J connectivity index is 0.000000640. The first-order valence-electron chi connectivity index (χ1n) is 9.03. The summed E-state index contributed by atoms with van der Waals surface area (Å²) in [4.78, 5) is 0. The van der Waals surface area contributed by atoms with Crippen LogP contribution >= 0.6 is 0 Å². The summed E-state index contributed by atoms with van der Waals surface area (Å²) in [5.41, 5.74) is 3.69. The molecule has 1 aromatic carbocycles. The SMILES string of the molecule is C=C(CC(C)(C)C)N/C(C)=C/c1ccccc1.CCNCC(C)C. The quantitative estimate of drug-likeness (QED) is 0.656. The van der Waals surface area contributed by atoms with E-state index in [2.05, 4.69) is 83.9 Å². The molecule has 0 saturated heterocycles. The molecular formula is C22H38N2. The molecule has 0 saturated carbocycles. The molecule has 1 aromatic rings. The minimum absolute atomic E-state index is 0.275. The van der Waals surface area contributed by atoms with Crippen molar-refractivity contribution in [1.29, 1.82) is 0 Å². The molecule has 2 nitrogen and oxygen atoms in total. The molecule has 0 aliphatic carbocycles. The lowest BCUT2D eigenvalue weighted by Gasteiger charge is -2.20. The Labute approximate surface area is 150 Å². The monoisotopic (exact) mass is 330 g/mol. The molecule has 0 spiro atoms. The molecule has 0 aromatic heterocycles. The normalized spacial score (nSPS) is 11.8. The zero-order valence-corrected chi connectivity index (χ0v) is 16.9. The zero-order valence-electron chi connectivity index (χ0n) is 16.9. The standard InChI is InChI=1S/C16H23N.C6H15N/c1-13(11-15-9-7-6-8-10-15)17-14(2)12-16(3,4)5;1-4-7-5-6(2)3/h6-11,17H,2,12H2,1,3-5H3;6-7H,4-5H2,1-3H3/b13-11+;. The largest absolute Gasteiger partial charge is 0.363 e. The summed E-state index contributed by atoms with van der Waals surface area (Å²) >= 11 is 0. The molecule has 2 N–H and O–H groups in total. The summed E-state index contributed by atoms with van der Waals surface area (Å²) in [6.45, 7) is 21.6. The molecule has 0 bridgehead atoms. The topological polar surface area (TPSA) is 24.1 Å². The fraction of sp³-hybridized carbons (Fsp3) is 0.545. The second-order valence-electron chi connectivity index (χ2n) is 7.91. The summed E-state index contributed by atoms with van der Waals surface area (Å²) in [6, 6.07) is 10.3. The van der Waals surface area contributed by atoms with Gasteiger partial charge in [-0.3, -0.25) is 0 Å². The van der Waals surface area contributed by atoms with E-state index in [1.54, 1.807) is 0 Å². The van der Waals surface area contributed by atoms with Crippen molar-refractivity contribution in [2.75, 3.05) is 13.1 Å². The maximum absolute atomic E-state index is 4.07. The Hall–Kier alpha value is -1.54. The molecule has 0 aliphatic heterocycles. The van der Waals surface area contributed by atoms with Crippen LogP contribution in [0.25, 0.3) is 6.08 Å². The van der Waals surface area contributed by atoms with Crippen LogP contribution < -0.4 is 10.6 Å². The molecule has 0 atom stereocenters. The first-order valence-corrected chi connectivity index (χ1v) is 9.03. The molecule has 0 fully saturated rings. The first kappa shape index (κ1) is 22.5. The van der Waals surface area contributed by atoms with Crippen LogP contribution in [-0.2, 0) is 0 Å². The summed E-state index contributed by atoms with van der Waals surface area (Å²) in [5.74, 6) is 0.792. The van der Waals surface area contributed by atoms with Crippen molar-refractivity contribution >= 4 is 6.08 Å². The van der Waals surface area contributed by atoms with Crippen molar-refractivity contribution in [3.05, 3.63) is 53.9 Å². The van der Waals surface area contributed by atoms with E-state index >= 15 is 0 Å². The maximum atomic E-state index is 4.07. The van der Waals surface area contributed by atoms with Gasteiger partial charge in [-0.2, -0.15) is 0 Å². The predicted molar refractivity (Wildman–Crippen MR) is 110 cm³/mol.